The summed E-state index contributed by atoms with van der Waals surface area (Å²) in [6.45, 7) is 11.9. The fourth-order valence-electron chi connectivity index (χ4n) is 4.85. The van der Waals surface area contributed by atoms with Gasteiger partial charge in [-0.25, -0.2) is 0 Å². The molecule has 2 atom stereocenters. The monoisotopic (exact) mass is 379 g/mol. The van der Waals surface area contributed by atoms with Crippen LogP contribution < -0.4 is 9.92 Å². The van der Waals surface area contributed by atoms with Gasteiger partial charge in [-0.3, -0.25) is 4.98 Å². The molecule has 1 aliphatic heterocycles. The molecule has 2 aromatic rings. The Hall–Kier alpha value is -1.61. The lowest BCUT2D eigenvalue weighted by atomic mass is 9.83. The van der Waals surface area contributed by atoms with Crippen molar-refractivity contribution in [3.05, 3.63) is 41.6 Å². The number of rotatable bonds is 4. The van der Waals surface area contributed by atoms with Gasteiger partial charge in [0.15, 0.2) is 0 Å². The van der Waals surface area contributed by atoms with Crippen molar-refractivity contribution in [2.24, 2.45) is 5.92 Å². The lowest BCUT2D eigenvalue weighted by Crippen LogP contribution is -2.40. The average Bonchev–Trinajstić information content (AvgIpc) is 2.99. The van der Waals surface area contributed by atoms with Crippen LogP contribution in [0.3, 0.4) is 0 Å². The van der Waals surface area contributed by atoms with E-state index in [9.17, 15) is 0 Å². The summed E-state index contributed by atoms with van der Waals surface area (Å²) in [5, 5.41) is 1.50. The minimum Gasteiger partial charge on any atom is -0.489 e. The molecule has 0 spiro atoms. The summed E-state index contributed by atoms with van der Waals surface area (Å²) < 4.78 is 6.48. The van der Waals surface area contributed by atoms with E-state index in [2.05, 4.69) is 64.0 Å². The van der Waals surface area contributed by atoms with E-state index in [1.54, 1.807) is 0 Å². The summed E-state index contributed by atoms with van der Waals surface area (Å²) in [5.41, 5.74) is 5.18. The summed E-state index contributed by atoms with van der Waals surface area (Å²) in [7, 11) is -1.41. The van der Waals surface area contributed by atoms with Crippen molar-refractivity contribution in [3.8, 4) is 17.0 Å². The minimum atomic E-state index is -1.41. The molecule has 1 aromatic heterocycles. The van der Waals surface area contributed by atoms with Crippen LogP contribution in [-0.4, -0.2) is 19.2 Å². The molecular weight excluding hydrogens is 346 g/mol. The normalized spacial score (nSPS) is 21.7. The number of benzene rings is 1. The van der Waals surface area contributed by atoms with E-state index < -0.39 is 8.07 Å². The van der Waals surface area contributed by atoms with Crippen LogP contribution in [0.1, 0.15) is 56.6 Å². The second-order valence-electron chi connectivity index (χ2n) is 9.85. The van der Waals surface area contributed by atoms with E-state index in [1.165, 1.54) is 47.6 Å². The molecule has 0 bridgehead atoms. The highest BCUT2D eigenvalue weighted by Crippen LogP contribution is 2.49. The van der Waals surface area contributed by atoms with E-state index in [0.29, 0.717) is 17.9 Å². The van der Waals surface area contributed by atoms with Crippen molar-refractivity contribution in [3.63, 3.8) is 0 Å². The largest absolute Gasteiger partial charge is 0.489 e. The van der Waals surface area contributed by atoms with Crippen LogP contribution in [0.2, 0.25) is 19.6 Å². The van der Waals surface area contributed by atoms with E-state index >= 15 is 0 Å². The molecule has 1 saturated carbocycles. The smallest absolute Gasteiger partial charge is 0.132 e. The molecule has 2 aliphatic rings. The van der Waals surface area contributed by atoms with E-state index in [-0.39, 0.29) is 0 Å². The zero-order valence-electron chi connectivity index (χ0n) is 17.5. The highest BCUT2D eigenvalue weighted by Gasteiger charge is 2.37. The summed E-state index contributed by atoms with van der Waals surface area (Å²) in [5.74, 6) is 2.35. The van der Waals surface area contributed by atoms with Gasteiger partial charge >= 0.3 is 0 Å². The number of hydrogen-bond acceptors (Lipinski definition) is 2. The first-order valence-corrected chi connectivity index (χ1v) is 14.1. The number of hydrogen-bond donors (Lipinski definition) is 0. The third-order valence-electron chi connectivity index (χ3n) is 6.12. The van der Waals surface area contributed by atoms with Gasteiger partial charge in [0.2, 0.25) is 0 Å². The first kappa shape index (κ1) is 18.7. The number of aromatic nitrogens is 1. The van der Waals surface area contributed by atoms with Gasteiger partial charge in [0, 0.05) is 23.2 Å². The van der Waals surface area contributed by atoms with Gasteiger partial charge in [-0.2, -0.15) is 0 Å². The Morgan fingerprint density at radius 1 is 1.15 bits per heavy atom. The van der Waals surface area contributed by atoms with Crippen LogP contribution in [-0.2, 0) is 6.42 Å². The van der Waals surface area contributed by atoms with Gasteiger partial charge in [0.05, 0.1) is 13.8 Å². The van der Waals surface area contributed by atoms with Crippen molar-refractivity contribution in [1.29, 1.82) is 0 Å². The zero-order chi connectivity index (χ0) is 19.2. The van der Waals surface area contributed by atoms with Crippen molar-refractivity contribution >= 4 is 13.3 Å². The Kier molecular flexibility index (Phi) is 4.92. The third kappa shape index (κ3) is 3.59. The maximum Gasteiger partial charge on any atom is 0.132 e. The number of nitrogens with zero attached hydrogens (tertiary/aromatic N) is 1. The minimum absolute atomic E-state index is 0.381. The van der Waals surface area contributed by atoms with Crippen molar-refractivity contribution in [1.82, 2.24) is 4.98 Å². The first-order valence-electron chi connectivity index (χ1n) is 10.6. The van der Waals surface area contributed by atoms with Gasteiger partial charge < -0.3 is 4.74 Å². The van der Waals surface area contributed by atoms with Gasteiger partial charge in [-0.15, -0.1) is 0 Å². The molecule has 4 rings (SSSR count). The lowest BCUT2D eigenvalue weighted by molar-refractivity contribution is 0.164. The maximum atomic E-state index is 6.48. The average molecular weight is 380 g/mol. The van der Waals surface area contributed by atoms with Crippen LogP contribution in [0.25, 0.3) is 11.3 Å². The Morgan fingerprint density at radius 2 is 1.93 bits per heavy atom. The van der Waals surface area contributed by atoms with Gasteiger partial charge in [0.1, 0.15) is 11.9 Å². The highest BCUT2D eigenvalue weighted by atomic mass is 28.3. The second kappa shape index (κ2) is 7.09. The first-order chi connectivity index (χ1) is 12.8. The molecule has 1 aliphatic carbocycles. The molecule has 2 unspecified atom stereocenters. The molecule has 2 nitrogen and oxygen atoms in total. The van der Waals surface area contributed by atoms with E-state index in [4.69, 9.17) is 9.72 Å². The second-order valence-corrected chi connectivity index (χ2v) is 14.9. The number of fused-ring (bicyclic) bond motifs is 3. The molecular formula is C24H33NOSi. The molecule has 0 saturated heterocycles. The maximum absolute atomic E-state index is 6.48. The Balaban J connectivity index is 1.78. The predicted molar refractivity (Wildman–Crippen MR) is 117 cm³/mol. The molecule has 27 heavy (non-hydrogen) atoms. The molecule has 0 radical (unpaired) electrons. The number of pyridine rings is 1. The lowest BCUT2D eigenvalue weighted by Gasteiger charge is -2.23. The molecule has 1 fully saturated rings. The Morgan fingerprint density at radius 3 is 2.67 bits per heavy atom. The fraction of sp³-hybridized carbons (Fsp3) is 0.542. The quantitative estimate of drug-likeness (QED) is 0.616. The van der Waals surface area contributed by atoms with Crippen LogP contribution in [0.4, 0.5) is 0 Å². The van der Waals surface area contributed by atoms with Crippen molar-refractivity contribution in [2.75, 3.05) is 0 Å². The standard InChI is InChI=1S/C24H33NOSi/c1-16(2)13-17-14-21(25-15-23(17)27(3,4)5)20-11-8-10-19-18-9-6-7-12-22(18)26-24(19)20/h8,10-11,14-16,18,22H,6-7,9,12-13H2,1-5H3. The zero-order valence-corrected chi connectivity index (χ0v) is 18.5. The molecule has 0 amide bonds. The molecule has 3 heteroatoms. The Labute approximate surface area is 165 Å². The Bertz CT molecular complexity index is 837. The molecule has 0 N–H and O–H groups in total. The number of ether oxygens (including phenoxy) is 1. The summed E-state index contributed by atoms with van der Waals surface area (Å²) in [4.78, 5) is 4.93. The van der Waals surface area contributed by atoms with Crippen LogP contribution in [0.15, 0.2) is 30.5 Å². The number of para-hydroxylation sites is 1. The highest BCUT2D eigenvalue weighted by molar-refractivity contribution is 6.89. The van der Waals surface area contributed by atoms with Crippen LogP contribution >= 0.6 is 0 Å². The summed E-state index contributed by atoms with van der Waals surface area (Å²) in [6.07, 6.45) is 8.76. The van der Waals surface area contributed by atoms with Crippen molar-refractivity contribution < 1.29 is 4.74 Å². The SMILES string of the molecule is CC(C)Cc1cc(-c2cccc3c2OC2CCCCC32)ncc1[Si](C)(C)C. The van der Waals surface area contributed by atoms with Crippen LogP contribution in [0, 0.1) is 5.92 Å². The summed E-state index contributed by atoms with van der Waals surface area (Å²) >= 11 is 0. The summed E-state index contributed by atoms with van der Waals surface area (Å²) in [6, 6.07) is 9.03. The van der Waals surface area contributed by atoms with Gasteiger partial charge in [-0.1, -0.05) is 52.0 Å². The molecule has 1 aromatic carbocycles. The van der Waals surface area contributed by atoms with Crippen molar-refractivity contribution in [2.45, 2.75) is 77.6 Å². The third-order valence-corrected chi connectivity index (χ3v) is 8.18. The topological polar surface area (TPSA) is 22.1 Å². The van der Waals surface area contributed by atoms with Crippen LogP contribution in [0.5, 0.6) is 5.75 Å². The van der Waals surface area contributed by atoms with E-state index in [1.807, 2.05) is 0 Å². The van der Waals surface area contributed by atoms with Gasteiger partial charge in [0.25, 0.3) is 0 Å². The van der Waals surface area contributed by atoms with Gasteiger partial charge in [-0.05, 0) is 54.5 Å². The predicted octanol–water partition coefficient (Wildman–Crippen LogP) is 5.91. The fourth-order valence-corrected chi connectivity index (χ4v) is 6.44. The molecule has 144 valence electrons. The molecule has 2 heterocycles. The van der Waals surface area contributed by atoms with E-state index in [0.717, 1.165) is 17.9 Å².